The van der Waals surface area contributed by atoms with Gasteiger partial charge in [-0.3, -0.25) is 0 Å². The first-order valence-electron chi connectivity index (χ1n) is 2.71. The molecule has 2 aromatic heterocycles. The summed E-state index contributed by atoms with van der Waals surface area (Å²) in [6.07, 6.45) is 0. The first-order valence-corrected chi connectivity index (χ1v) is 2.71. The Kier molecular flexibility index (Phi) is 0.916. The van der Waals surface area contributed by atoms with Crippen LogP contribution in [-0.4, -0.2) is 30.0 Å². The van der Waals surface area contributed by atoms with E-state index in [1.165, 1.54) is 0 Å². The number of nitrogen functional groups attached to an aromatic ring is 1. The lowest BCUT2D eigenvalue weighted by Gasteiger charge is -1.88. The van der Waals surface area contributed by atoms with E-state index in [2.05, 4.69) is 25.5 Å². The number of hydrogen-bond donors (Lipinski definition) is 2. The van der Waals surface area contributed by atoms with E-state index in [1.807, 2.05) is 0 Å². The third kappa shape index (κ3) is 0.723. The zero-order valence-electron chi connectivity index (χ0n) is 5.22. The van der Waals surface area contributed by atoms with Crippen molar-refractivity contribution in [3.63, 3.8) is 0 Å². The zero-order chi connectivity index (χ0) is 7.84. The standard InChI is InChI=1S/C3H3N7O/c4-1-5-6-2-7-8-3(11)9-10(1)2/h(H2,4,5)(H,9,11). The fourth-order valence-corrected chi connectivity index (χ4v) is 0.668. The number of nitrogens with one attached hydrogen (secondary N) is 1. The number of H-pyrrole nitrogens is 1. The Labute approximate surface area is 59.1 Å². The molecule has 3 N–H and O–H groups in total. The predicted molar refractivity (Wildman–Crippen MR) is 33.6 cm³/mol. The molecule has 0 aromatic carbocycles. The largest absolute Gasteiger partial charge is 0.378 e. The van der Waals surface area contributed by atoms with E-state index in [4.69, 9.17) is 5.73 Å². The summed E-state index contributed by atoms with van der Waals surface area (Å²) in [6, 6.07) is 0. The molecule has 0 aliphatic rings. The van der Waals surface area contributed by atoms with Gasteiger partial charge >= 0.3 is 5.69 Å². The fourth-order valence-electron chi connectivity index (χ4n) is 0.668. The van der Waals surface area contributed by atoms with E-state index in [9.17, 15) is 4.79 Å². The van der Waals surface area contributed by atoms with Crippen LogP contribution in [0.25, 0.3) is 5.78 Å². The number of aromatic amines is 1. The van der Waals surface area contributed by atoms with Gasteiger partial charge < -0.3 is 5.73 Å². The maximum absolute atomic E-state index is 10.6. The number of nitrogens with zero attached hydrogens (tertiary/aromatic N) is 5. The van der Waals surface area contributed by atoms with Crippen molar-refractivity contribution in [2.75, 3.05) is 5.73 Å². The van der Waals surface area contributed by atoms with Gasteiger partial charge in [-0.15, -0.1) is 15.3 Å². The summed E-state index contributed by atoms with van der Waals surface area (Å²) in [5, 5.41) is 15.8. The average molecular weight is 153 g/mol. The van der Waals surface area contributed by atoms with Gasteiger partial charge in [-0.05, 0) is 0 Å². The molecule has 0 aliphatic heterocycles. The lowest BCUT2D eigenvalue weighted by molar-refractivity contribution is 0.789. The van der Waals surface area contributed by atoms with Crippen LogP contribution in [0.5, 0.6) is 0 Å². The molecule has 0 spiro atoms. The van der Waals surface area contributed by atoms with Gasteiger partial charge in [0.25, 0.3) is 5.78 Å². The topological polar surface area (TPSA) is 115 Å². The molecule has 2 heterocycles. The Morgan fingerprint density at radius 1 is 1.27 bits per heavy atom. The van der Waals surface area contributed by atoms with E-state index >= 15 is 0 Å². The third-order valence-electron chi connectivity index (χ3n) is 1.11. The van der Waals surface area contributed by atoms with Crippen molar-refractivity contribution in [2.45, 2.75) is 0 Å². The molecule has 56 valence electrons. The smallest absolute Gasteiger partial charge is 0.366 e. The van der Waals surface area contributed by atoms with Gasteiger partial charge in [0.05, 0.1) is 0 Å². The summed E-state index contributed by atoms with van der Waals surface area (Å²) in [5.74, 6) is 0.245. The quantitative estimate of drug-likeness (QED) is 0.443. The number of aromatic nitrogens is 6. The maximum Gasteiger partial charge on any atom is 0.378 e. The second-order valence-corrected chi connectivity index (χ2v) is 1.81. The molecule has 11 heavy (non-hydrogen) atoms. The molecule has 8 nitrogen and oxygen atoms in total. The lowest BCUT2D eigenvalue weighted by atomic mass is 11.0. The highest BCUT2D eigenvalue weighted by Gasteiger charge is 2.01. The second kappa shape index (κ2) is 1.75. The number of nitrogens with two attached hydrogens (primary N) is 1. The van der Waals surface area contributed by atoms with Gasteiger partial charge in [-0.25, -0.2) is 9.89 Å². The highest BCUT2D eigenvalue weighted by molar-refractivity contribution is 5.30. The molecule has 8 heteroatoms. The van der Waals surface area contributed by atoms with Crippen LogP contribution in [0, 0.1) is 0 Å². The average Bonchev–Trinajstić information content (AvgIpc) is 2.33. The highest BCUT2D eigenvalue weighted by Crippen LogP contribution is 1.92. The van der Waals surface area contributed by atoms with Gasteiger partial charge in [0.15, 0.2) is 0 Å². The first kappa shape index (κ1) is 5.77. The third-order valence-corrected chi connectivity index (χ3v) is 1.11. The van der Waals surface area contributed by atoms with Crippen molar-refractivity contribution in [1.29, 1.82) is 0 Å². The minimum atomic E-state index is -0.594. The molecular weight excluding hydrogens is 150 g/mol. The van der Waals surface area contributed by atoms with Gasteiger partial charge in [0.1, 0.15) is 0 Å². The number of anilines is 1. The van der Waals surface area contributed by atoms with Crippen molar-refractivity contribution in [1.82, 2.24) is 30.0 Å². The minimum Gasteiger partial charge on any atom is -0.366 e. The fraction of sp³-hybridized carbons (Fsp3) is 0. The summed E-state index contributed by atoms with van der Waals surface area (Å²) in [5.41, 5.74) is 4.70. The molecule has 0 radical (unpaired) electrons. The van der Waals surface area contributed by atoms with Gasteiger partial charge in [0.2, 0.25) is 5.95 Å². The summed E-state index contributed by atoms with van der Waals surface area (Å²) in [4.78, 5) is 10.6. The Bertz CT molecular complexity index is 440. The summed E-state index contributed by atoms with van der Waals surface area (Å²) < 4.78 is 1.15. The molecular formula is C3H3N7O. The molecule has 0 fully saturated rings. The highest BCUT2D eigenvalue weighted by atomic mass is 16.1. The van der Waals surface area contributed by atoms with E-state index in [1.54, 1.807) is 0 Å². The number of hydrogen-bond acceptors (Lipinski definition) is 6. The van der Waals surface area contributed by atoms with Gasteiger partial charge in [0, 0.05) is 0 Å². The molecule has 0 amide bonds. The van der Waals surface area contributed by atoms with Gasteiger partial charge in [-0.1, -0.05) is 5.10 Å². The Morgan fingerprint density at radius 2 is 2.00 bits per heavy atom. The molecule has 0 saturated heterocycles. The predicted octanol–water partition coefficient (Wildman–Crippen LogP) is -2.21. The van der Waals surface area contributed by atoms with Crippen LogP contribution >= 0.6 is 0 Å². The molecule has 2 aromatic rings. The van der Waals surface area contributed by atoms with E-state index in [0.717, 1.165) is 4.52 Å². The van der Waals surface area contributed by atoms with Crippen molar-refractivity contribution in [2.24, 2.45) is 0 Å². The first-order chi connectivity index (χ1) is 5.27. The van der Waals surface area contributed by atoms with E-state index < -0.39 is 5.69 Å². The van der Waals surface area contributed by atoms with E-state index in [0.29, 0.717) is 0 Å². The van der Waals surface area contributed by atoms with Crippen LogP contribution in [0.4, 0.5) is 5.95 Å². The Morgan fingerprint density at radius 3 is 2.82 bits per heavy atom. The molecule has 0 bridgehead atoms. The Balaban J connectivity index is 2.98. The molecule has 0 unspecified atom stereocenters. The maximum atomic E-state index is 10.6. The molecule has 0 atom stereocenters. The minimum absolute atomic E-state index is 0.0759. The number of rotatable bonds is 0. The van der Waals surface area contributed by atoms with Crippen LogP contribution in [0.1, 0.15) is 0 Å². The van der Waals surface area contributed by atoms with E-state index in [-0.39, 0.29) is 11.7 Å². The summed E-state index contributed by atoms with van der Waals surface area (Å²) in [6.45, 7) is 0. The summed E-state index contributed by atoms with van der Waals surface area (Å²) >= 11 is 0. The monoisotopic (exact) mass is 153 g/mol. The van der Waals surface area contributed by atoms with Crippen molar-refractivity contribution >= 4 is 11.7 Å². The van der Waals surface area contributed by atoms with Crippen LogP contribution in [0.15, 0.2) is 4.79 Å². The van der Waals surface area contributed by atoms with Crippen LogP contribution in [0.3, 0.4) is 0 Å². The number of fused-ring (bicyclic) bond motifs is 1. The van der Waals surface area contributed by atoms with Crippen molar-refractivity contribution in [3.05, 3.63) is 10.5 Å². The Hall–Kier alpha value is -1.99. The second-order valence-electron chi connectivity index (χ2n) is 1.81. The SMILES string of the molecule is Nc1nnc2nnc(=O)[nH]n12. The zero-order valence-corrected chi connectivity index (χ0v) is 5.22. The van der Waals surface area contributed by atoms with Crippen LogP contribution < -0.4 is 11.4 Å². The molecule has 0 saturated carbocycles. The van der Waals surface area contributed by atoms with Crippen molar-refractivity contribution in [3.8, 4) is 0 Å². The summed E-state index contributed by atoms with van der Waals surface area (Å²) in [7, 11) is 0. The molecule has 2 rings (SSSR count). The lowest BCUT2D eigenvalue weighted by Crippen LogP contribution is -2.17. The molecule has 0 aliphatic carbocycles. The van der Waals surface area contributed by atoms with Crippen LogP contribution in [-0.2, 0) is 0 Å². The normalized spacial score (nSPS) is 10.5. The van der Waals surface area contributed by atoms with Crippen LogP contribution in [0.2, 0.25) is 0 Å². The van der Waals surface area contributed by atoms with Crippen molar-refractivity contribution < 1.29 is 0 Å². The van der Waals surface area contributed by atoms with Gasteiger partial charge in [-0.2, -0.15) is 4.52 Å².